The molecule has 5 rings (SSSR count). The van der Waals surface area contributed by atoms with Crippen molar-refractivity contribution in [3.05, 3.63) is 52.9 Å². The molecule has 3 N–H and O–H groups in total. The number of para-hydroxylation sites is 1. The predicted molar refractivity (Wildman–Crippen MR) is 131 cm³/mol. The second kappa shape index (κ2) is 8.85. The molecule has 1 amide bonds. The number of carbonyl (C=O) groups is 1. The van der Waals surface area contributed by atoms with E-state index in [9.17, 15) is 4.79 Å². The fourth-order valence-electron chi connectivity index (χ4n) is 4.38. The number of nitrogens with zero attached hydrogens (tertiary/aromatic N) is 1. The van der Waals surface area contributed by atoms with Crippen LogP contribution in [0.3, 0.4) is 0 Å². The molecule has 1 atom stereocenters. The maximum atomic E-state index is 13.1. The maximum absolute atomic E-state index is 13.1. The second-order valence-electron chi connectivity index (χ2n) is 8.76. The van der Waals surface area contributed by atoms with Gasteiger partial charge >= 0.3 is 0 Å². The fraction of sp³-hybridized carbons (Fsp3) is 0.360. The van der Waals surface area contributed by atoms with Crippen molar-refractivity contribution in [2.75, 3.05) is 32.7 Å². The molecule has 0 saturated heterocycles. The molecule has 1 fully saturated rings. The number of hydrogen-bond donors (Lipinski definition) is 3. The first-order chi connectivity index (χ1) is 16.5. The number of anilines is 2. The molecule has 0 bridgehead atoms. The zero-order valence-electron chi connectivity index (χ0n) is 19.3. The third-order valence-corrected chi connectivity index (χ3v) is 6.86. The lowest BCUT2D eigenvalue weighted by atomic mass is 9.93. The normalized spacial score (nSPS) is 16.5. The molecule has 1 saturated carbocycles. The van der Waals surface area contributed by atoms with Gasteiger partial charge < -0.3 is 29.8 Å². The average molecular weight is 483 g/mol. The maximum Gasteiger partial charge on any atom is 0.255 e. The van der Waals surface area contributed by atoms with Gasteiger partial charge in [-0.3, -0.25) is 9.78 Å². The summed E-state index contributed by atoms with van der Waals surface area (Å²) >= 11 is 6.37. The van der Waals surface area contributed by atoms with Gasteiger partial charge in [-0.1, -0.05) is 17.7 Å². The van der Waals surface area contributed by atoms with Gasteiger partial charge in [0.1, 0.15) is 12.4 Å². The number of halogens is 1. The number of amides is 1. The van der Waals surface area contributed by atoms with Crippen LogP contribution in [-0.4, -0.2) is 49.4 Å². The van der Waals surface area contributed by atoms with Crippen LogP contribution in [0.2, 0.25) is 5.02 Å². The monoisotopic (exact) mass is 482 g/mol. The molecule has 1 aliphatic carbocycles. The number of ether oxygens (including phenoxy) is 3. The first kappa shape index (κ1) is 22.6. The van der Waals surface area contributed by atoms with Crippen molar-refractivity contribution in [1.82, 2.24) is 15.3 Å². The van der Waals surface area contributed by atoms with E-state index in [1.54, 1.807) is 32.7 Å². The van der Waals surface area contributed by atoms with Crippen molar-refractivity contribution >= 4 is 28.9 Å². The van der Waals surface area contributed by atoms with Gasteiger partial charge in [0, 0.05) is 36.5 Å². The summed E-state index contributed by atoms with van der Waals surface area (Å²) in [4.78, 5) is 21.0. The number of methoxy groups -OCH3 is 2. The van der Waals surface area contributed by atoms with Gasteiger partial charge in [0.15, 0.2) is 5.75 Å². The van der Waals surface area contributed by atoms with Crippen LogP contribution in [-0.2, 0) is 10.2 Å². The van der Waals surface area contributed by atoms with Crippen molar-refractivity contribution in [1.29, 1.82) is 0 Å². The van der Waals surface area contributed by atoms with Crippen molar-refractivity contribution in [3.8, 4) is 22.8 Å². The number of rotatable bonds is 8. The molecule has 8 nitrogen and oxygen atoms in total. The molecule has 3 heterocycles. The number of aromatic amines is 1. The second-order valence-corrected chi connectivity index (χ2v) is 9.17. The lowest BCUT2D eigenvalue weighted by Crippen LogP contribution is -2.39. The van der Waals surface area contributed by atoms with Gasteiger partial charge in [0.05, 0.1) is 47.1 Å². The van der Waals surface area contributed by atoms with E-state index in [1.165, 1.54) is 0 Å². The Morgan fingerprint density at radius 2 is 2.09 bits per heavy atom. The van der Waals surface area contributed by atoms with Crippen LogP contribution < -0.4 is 20.1 Å². The third-order valence-electron chi connectivity index (χ3n) is 6.56. The highest BCUT2D eigenvalue weighted by atomic mass is 35.5. The molecule has 1 aromatic carbocycles. The molecule has 3 aromatic rings. The summed E-state index contributed by atoms with van der Waals surface area (Å²) in [5, 5.41) is 6.98. The van der Waals surface area contributed by atoms with Crippen molar-refractivity contribution in [3.63, 3.8) is 0 Å². The highest BCUT2D eigenvalue weighted by Gasteiger charge is 2.51. The standard InChI is InChI=1S/C25H27ClN4O4/c1-14(32-2)12-34-18-11-27-10-7-15(18)20-21(29-17-6-4-5-16(26)22(17)33-3)19-23(30-20)25(8-9-25)13-28-24(19)31/h4-7,10-11,14,29-30H,8-9,12-13H2,1-3H3,(H,28,31). The van der Waals surface area contributed by atoms with E-state index >= 15 is 0 Å². The van der Waals surface area contributed by atoms with E-state index in [0.717, 1.165) is 29.8 Å². The molecular weight excluding hydrogens is 456 g/mol. The van der Waals surface area contributed by atoms with E-state index in [1.807, 2.05) is 25.1 Å². The van der Waals surface area contributed by atoms with Gasteiger partial charge in [0.2, 0.25) is 0 Å². The number of H-pyrrole nitrogens is 1. The van der Waals surface area contributed by atoms with Crippen LogP contribution in [0.4, 0.5) is 11.4 Å². The summed E-state index contributed by atoms with van der Waals surface area (Å²) in [5.74, 6) is 0.974. The Labute approximate surface area is 203 Å². The van der Waals surface area contributed by atoms with Crippen LogP contribution in [0.5, 0.6) is 11.5 Å². The molecule has 1 spiro atoms. The lowest BCUT2D eigenvalue weighted by molar-refractivity contribution is 0.0717. The van der Waals surface area contributed by atoms with E-state index in [2.05, 4.69) is 20.6 Å². The van der Waals surface area contributed by atoms with Crippen LogP contribution in [0.1, 0.15) is 35.8 Å². The number of aromatic nitrogens is 2. The van der Waals surface area contributed by atoms with Crippen LogP contribution in [0.15, 0.2) is 36.7 Å². The SMILES string of the molecule is COc1c(Cl)cccc1Nc1c(-c2ccncc2OCC(C)OC)[nH]c2c1C(=O)NCC21CC1. The average Bonchev–Trinajstić information content (AvgIpc) is 3.53. The predicted octanol–water partition coefficient (Wildman–Crippen LogP) is 4.67. The number of benzene rings is 1. The lowest BCUT2D eigenvalue weighted by Gasteiger charge is -2.23. The van der Waals surface area contributed by atoms with Crippen LogP contribution in [0.25, 0.3) is 11.3 Å². The number of carbonyl (C=O) groups excluding carboxylic acids is 1. The topological polar surface area (TPSA) is 97.5 Å². The van der Waals surface area contributed by atoms with Crippen molar-refractivity contribution in [2.45, 2.75) is 31.3 Å². The number of hydrogen-bond acceptors (Lipinski definition) is 6. The fourth-order valence-corrected chi connectivity index (χ4v) is 4.63. The van der Waals surface area contributed by atoms with E-state index < -0.39 is 0 Å². The van der Waals surface area contributed by atoms with Gasteiger partial charge in [-0.2, -0.15) is 0 Å². The summed E-state index contributed by atoms with van der Waals surface area (Å²) in [6.07, 6.45) is 5.34. The molecule has 1 aliphatic heterocycles. The van der Waals surface area contributed by atoms with Gasteiger partial charge in [-0.15, -0.1) is 0 Å². The summed E-state index contributed by atoms with van der Waals surface area (Å²) in [6, 6.07) is 7.34. The molecule has 9 heteroatoms. The van der Waals surface area contributed by atoms with Crippen molar-refractivity contribution in [2.24, 2.45) is 0 Å². The number of fused-ring (bicyclic) bond motifs is 2. The molecule has 34 heavy (non-hydrogen) atoms. The van der Waals surface area contributed by atoms with Crippen molar-refractivity contribution < 1.29 is 19.0 Å². The first-order valence-corrected chi connectivity index (χ1v) is 11.6. The Balaban J connectivity index is 1.66. The molecule has 0 radical (unpaired) electrons. The van der Waals surface area contributed by atoms with Gasteiger partial charge in [-0.25, -0.2) is 0 Å². The Hall–Kier alpha value is -3.23. The Morgan fingerprint density at radius 3 is 2.82 bits per heavy atom. The summed E-state index contributed by atoms with van der Waals surface area (Å²) in [6.45, 7) is 2.93. The minimum atomic E-state index is -0.122. The quantitative estimate of drug-likeness (QED) is 0.431. The number of pyridine rings is 1. The van der Waals surface area contributed by atoms with Crippen LogP contribution >= 0.6 is 11.6 Å². The zero-order valence-corrected chi connectivity index (χ0v) is 20.1. The molecule has 2 aromatic heterocycles. The van der Waals surface area contributed by atoms with Gasteiger partial charge in [0.25, 0.3) is 5.91 Å². The largest absolute Gasteiger partial charge is 0.493 e. The Morgan fingerprint density at radius 1 is 1.26 bits per heavy atom. The zero-order chi connectivity index (χ0) is 23.9. The molecular formula is C25H27ClN4O4. The summed E-state index contributed by atoms with van der Waals surface area (Å²) < 4.78 is 16.9. The summed E-state index contributed by atoms with van der Waals surface area (Å²) in [5.41, 5.74) is 4.34. The molecule has 1 unspecified atom stereocenters. The minimum absolute atomic E-state index is 0.0606. The van der Waals surface area contributed by atoms with E-state index in [0.29, 0.717) is 46.6 Å². The molecule has 178 valence electrons. The minimum Gasteiger partial charge on any atom is -0.493 e. The third kappa shape index (κ3) is 3.86. The van der Waals surface area contributed by atoms with E-state index in [-0.39, 0.29) is 17.4 Å². The highest BCUT2D eigenvalue weighted by molar-refractivity contribution is 6.32. The first-order valence-electron chi connectivity index (χ1n) is 11.2. The van der Waals surface area contributed by atoms with Crippen LogP contribution in [0, 0.1) is 0 Å². The smallest absolute Gasteiger partial charge is 0.255 e. The van der Waals surface area contributed by atoms with E-state index in [4.69, 9.17) is 25.8 Å². The Bertz CT molecular complexity index is 1240. The highest BCUT2D eigenvalue weighted by Crippen LogP contribution is 2.54. The summed E-state index contributed by atoms with van der Waals surface area (Å²) in [7, 11) is 3.21. The molecule has 2 aliphatic rings. The van der Waals surface area contributed by atoms with Gasteiger partial charge in [-0.05, 0) is 38.0 Å². The number of nitrogens with one attached hydrogen (secondary N) is 3. The Kier molecular flexibility index (Phi) is 5.87.